The maximum atomic E-state index is 12.0. The number of hydrogen-bond acceptors (Lipinski definition) is 4. The summed E-state index contributed by atoms with van der Waals surface area (Å²) >= 11 is 0. The molecule has 2 N–H and O–H groups in total. The predicted octanol–water partition coefficient (Wildman–Crippen LogP) is 1.26. The topological polar surface area (TPSA) is 75.4 Å². The largest absolute Gasteiger partial charge is 0.384 e. The van der Waals surface area contributed by atoms with E-state index in [2.05, 4.69) is 22.3 Å². The number of carbonyl (C=O) groups is 1. The number of amides is 1. The van der Waals surface area contributed by atoms with Gasteiger partial charge in [-0.05, 0) is 24.6 Å². The average Bonchev–Trinajstić information content (AvgIpc) is 2.97. The fraction of sp³-hybridized carbons (Fsp3) is 0.200. The van der Waals surface area contributed by atoms with Crippen LogP contribution in [0.3, 0.4) is 0 Å². The summed E-state index contributed by atoms with van der Waals surface area (Å²) in [6.07, 6.45) is 1.52. The van der Waals surface area contributed by atoms with Crippen LogP contribution in [0.4, 0.5) is 0 Å². The Hall–Kier alpha value is -2.58. The minimum absolute atomic E-state index is 0.207. The first-order valence-corrected chi connectivity index (χ1v) is 6.09. The Balaban J connectivity index is 2.09. The van der Waals surface area contributed by atoms with Crippen molar-refractivity contribution in [1.29, 1.82) is 0 Å². The van der Waals surface area contributed by atoms with Gasteiger partial charge >= 0.3 is 0 Å². The lowest BCUT2D eigenvalue weighted by molar-refractivity contribution is 0.0947. The number of aliphatic hydroxyl groups is 1. The van der Waals surface area contributed by atoms with Crippen LogP contribution in [0.15, 0.2) is 35.0 Å². The van der Waals surface area contributed by atoms with Crippen LogP contribution in [0.2, 0.25) is 0 Å². The van der Waals surface area contributed by atoms with Gasteiger partial charge < -0.3 is 14.9 Å². The highest BCUT2D eigenvalue weighted by molar-refractivity contribution is 5.94. The second-order valence-electron chi connectivity index (χ2n) is 4.15. The van der Waals surface area contributed by atoms with E-state index in [9.17, 15) is 4.79 Å². The number of rotatable bonds is 3. The second-order valence-corrected chi connectivity index (χ2v) is 4.15. The molecule has 102 valence electrons. The number of nitrogens with zero attached hydrogens (tertiary/aromatic N) is 1. The minimum Gasteiger partial charge on any atom is -0.384 e. The van der Waals surface area contributed by atoms with Gasteiger partial charge in [-0.2, -0.15) is 0 Å². The van der Waals surface area contributed by atoms with Gasteiger partial charge in [-0.25, -0.2) is 0 Å². The first kappa shape index (κ1) is 13.8. The highest BCUT2D eigenvalue weighted by Gasteiger charge is 2.08. The molecule has 20 heavy (non-hydrogen) atoms. The molecular weight excluding hydrogens is 256 g/mol. The maximum absolute atomic E-state index is 12.0. The molecule has 1 heterocycles. The normalized spacial score (nSPS) is 9.70. The molecule has 0 aliphatic rings. The quantitative estimate of drug-likeness (QED) is 0.823. The minimum atomic E-state index is -0.214. The second kappa shape index (κ2) is 6.55. The van der Waals surface area contributed by atoms with E-state index in [1.165, 1.54) is 6.20 Å². The van der Waals surface area contributed by atoms with Crippen LogP contribution < -0.4 is 5.32 Å². The van der Waals surface area contributed by atoms with Gasteiger partial charge in [0.1, 0.15) is 6.61 Å². The molecule has 5 nitrogen and oxygen atoms in total. The average molecular weight is 270 g/mol. The maximum Gasteiger partial charge on any atom is 0.251 e. The van der Waals surface area contributed by atoms with Crippen molar-refractivity contribution in [2.75, 3.05) is 6.61 Å². The Labute approximate surface area is 116 Å². The number of aliphatic hydroxyl groups excluding tert-OH is 1. The van der Waals surface area contributed by atoms with Crippen molar-refractivity contribution in [3.8, 4) is 11.8 Å². The summed E-state index contributed by atoms with van der Waals surface area (Å²) in [4.78, 5) is 12.0. The molecule has 5 heteroatoms. The van der Waals surface area contributed by atoms with Gasteiger partial charge in [0.2, 0.25) is 0 Å². The van der Waals surface area contributed by atoms with Crippen LogP contribution in [0.5, 0.6) is 0 Å². The highest BCUT2D eigenvalue weighted by Crippen LogP contribution is 2.10. The number of nitrogens with one attached hydrogen (secondary N) is 1. The number of aryl methyl sites for hydroxylation is 1. The Morgan fingerprint density at radius 3 is 3.00 bits per heavy atom. The van der Waals surface area contributed by atoms with Crippen LogP contribution in [-0.4, -0.2) is 22.8 Å². The van der Waals surface area contributed by atoms with Gasteiger partial charge in [0.15, 0.2) is 5.76 Å². The van der Waals surface area contributed by atoms with Gasteiger partial charge in [-0.1, -0.05) is 23.1 Å². The van der Waals surface area contributed by atoms with E-state index in [-0.39, 0.29) is 19.1 Å². The van der Waals surface area contributed by atoms with Gasteiger partial charge in [0.25, 0.3) is 5.91 Å². The Morgan fingerprint density at radius 1 is 1.45 bits per heavy atom. The number of carbonyl (C=O) groups excluding carboxylic acids is 1. The van der Waals surface area contributed by atoms with Gasteiger partial charge in [-0.3, -0.25) is 4.79 Å². The highest BCUT2D eigenvalue weighted by atomic mass is 16.5. The van der Waals surface area contributed by atoms with Gasteiger partial charge in [-0.15, -0.1) is 0 Å². The van der Waals surface area contributed by atoms with Crippen molar-refractivity contribution in [3.63, 3.8) is 0 Å². The van der Waals surface area contributed by atoms with Crippen molar-refractivity contribution < 1.29 is 14.4 Å². The first-order valence-electron chi connectivity index (χ1n) is 6.09. The summed E-state index contributed by atoms with van der Waals surface area (Å²) in [6, 6.07) is 6.95. The third kappa shape index (κ3) is 3.46. The molecular formula is C15H14N2O3. The summed E-state index contributed by atoms with van der Waals surface area (Å²) in [5, 5.41) is 15.0. The lowest BCUT2D eigenvalue weighted by Gasteiger charge is -2.05. The Kier molecular flexibility index (Phi) is 4.53. The smallest absolute Gasteiger partial charge is 0.251 e. The summed E-state index contributed by atoms with van der Waals surface area (Å²) in [7, 11) is 0. The molecule has 0 fully saturated rings. The van der Waals surface area contributed by atoms with E-state index in [0.29, 0.717) is 11.3 Å². The van der Waals surface area contributed by atoms with Gasteiger partial charge in [0, 0.05) is 17.2 Å². The Morgan fingerprint density at radius 2 is 2.30 bits per heavy atom. The lowest BCUT2D eigenvalue weighted by atomic mass is 10.0. The molecule has 0 radical (unpaired) electrons. The summed E-state index contributed by atoms with van der Waals surface area (Å²) < 4.78 is 4.90. The summed E-state index contributed by atoms with van der Waals surface area (Å²) in [5.41, 5.74) is 2.20. The van der Waals surface area contributed by atoms with Gasteiger partial charge in [0.05, 0.1) is 12.7 Å². The van der Waals surface area contributed by atoms with Crippen molar-refractivity contribution in [2.24, 2.45) is 0 Å². The fourth-order valence-corrected chi connectivity index (χ4v) is 1.64. The van der Waals surface area contributed by atoms with Crippen LogP contribution in [0.1, 0.15) is 27.2 Å². The monoisotopic (exact) mass is 270 g/mol. The summed E-state index contributed by atoms with van der Waals surface area (Å²) in [6.45, 7) is 1.98. The lowest BCUT2D eigenvalue weighted by Crippen LogP contribution is -2.22. The standard InChI is InChI=1S/C15H14N2O3/c1-11-4-5-13(9-12(11)3-2-8-18)15(19)16-10-14-6-7-17-20-14/h4-7,9,18H,8,10H2,1H3,(H,16,19). The molecule has 2 rings (SSSR count). The molecule has 1 aromatic carbocycles. The van der Waals surface area contributed by atoms with E-state index in [4.69, 9.17) is 9.63 Å². The van der Waals surface area contributed by atoms with E-state index >= 15 is 0 Å². The Bertz CT molecular complexity index is 651. The molecule has 0 bridgehead atoms. The van der Waals surface area contributed by atoms with Crippen molar-refractivity contribution in [1.82, 2.24) is 10.5 Å². The molecule has 1 amide bonds. The zero-order valence-electron chi connectivity index (χ0n) is 11.0. The third-order valence-corrected chi connectivity index (χ3v) is 2.72. The summed E-state index contributed by atoms with van der Waals surface area (Å²) in [5.74, 6) is 5.77. The fourth-order valence-electron chi connectivity index (χ4n) is 1.64. The van der Waals surface area contributed by atoms with Crippen molar-refractivity contribution in [2.45, 2.75) is 13.5 Å². The van der Waals surface area contributed by atoms with Crippen molar-refractivity contribution >= 4 is 5.91 Å². The molecule has 2 aromatic rings. The first-order chi connectivity index (χ1) is 9.70. The molecule has 0 aliphatic carbocycles. The van der Waals surface area contributed by atoms with E-state index < -0.39 is 0 Å². The van der Waals surface area contributed by atoms with E-state index in [0.717, 1.165) is 11.1 Å². The number of aromatic nitrogens is 1. The molecule has 0 unspecified atom stereocenters. The van der Waals surface area contributed by atoms with Crippen LogP contribution in [-0.2, 0) is 6.54 Å². The molecule has 0 spiro atoms. The SMILES string of the molecule is Cc1ccc(C(=O)NCc2ccno2)cc1C#CCO. The third-order valence-electron chi connectivity index (χ3n) is 2.72. The molecule has 0 aliphatic heterocycles. The molecule has 0 saturated heterocycles. The molecule has 0 atom stereocenters. The number of hydrogen-bond donors (Lipinski definition) is 2. The zero-order chi connectivity index (χ0) is 14.4. The predicted molar refractivity (Wildman–Crippen MR) is 72.8 cm³/mol. The van der Waals surface area contributed by atoms with Crippen LogP contribution >= 0.6 is 0 Å². The number of benzene rings is 1. The van der Waals surface area contributed by atoms with E-state index in [1.807, 2.05) is 13.0 Å². The molecule has 0 saturated carbocycles. The zero-order valence-corrected chi connectivity index (χ0v) is 11.0. The van der Waals surface area contributed by atoms with Crippen molar-refractivity contribution in [3.05, 3.63) is 52.9 Å². The van der Waals surface area contributed by atoms with Crippen LogP contribution in [0, 0.1) is 18.8 Å². The van der Waals surface area contributed by atoms with Crippen LogP contribution in [0.25, 0.3) is 0 Å². The van der Waals surface area contributed by atoms with E-state index in [1.54, 1.807) is 18.2 Å². The molecule has 1 aromatic heterocycles.